The third-order valence-electron chi connectivity index (χ3n) is 3.99. The summed E-state index contributed by atoms with van der Waals surface area (Å²) in [5.41, 5.74) is 2.69. The van der Waals surface area contributed by atoms with Crippen molar-refractivity contribution in [3.05, 3.63) is 34.1 Å². The van der Waals surface area contributed by atoms with Crippen molar-refractivity contribution in [3.63, 3.8) is 0 Å². The first kappa shape index (κ1) is 15.9. The number of amides is 1. The molecule has 8 heteroatoms. The molecule has 0 saturated carbocycles. The average molecular weight is 327 g/mol. The summed E-state index contributed by atoms with van der Waals surface area (Å²) in [5.74, 6) is -1.29. The Morgan fingerprint density at radius 3 is 3.00 bits per heavy atom. The van der Waals surface area contributed by atoms with E-state index in [4.69, 9.17) is 5.11 Å². The number of nitrogens with zero attached hydrogens (tertiary/aromatic N) is 3. The number of hydrogen-bond donors (Lipinski definition) is 1. The Labute approximate surface area is 153 Å². The third-order valence-corrected chi connectivity index (χ3v) is 5.07. The van der Waals surface area contributed by atoms with E-state index in [9.17, 15) is 9.59 Å². The molecule has 3 aliphatic rings. The van der Waals surface area contributed by atoms with E-state index in [1.165, 1.54) is 34.2 Å². The van der Waals surface area contributed by atoms with Crippen LogP contribution in [0.25, 0.3) is 6.08 Å². The normalized spacial score (nSPS) is 24.3. The Balaban J connectivity index is 0.00000144. The number of β-lactam (4-membered cyclic amide) rings is 1. The molecule has 4 heterocycles. The number of thioether (sulfide) groups is 1. The van der Waals surface area contributed by atoms with Gasteiger partial charge in [-0.25, -0.2) is 4.79 Å². The van der Waals surface area contributed by atoms with Gasteiger partial charge in [0.2, 0.25) is 0 Å². The van der Waals surface area contributed by atoms with Gasteiger partial charge in [-0.05, 0) is 31.4 Å². The van der Waals surface area contributed by atoms with Crippen molar-refractivity contribution in [2.45, 2.75) is 31.2 Å². The minimum atomic E-state index is -1.06. The van der Waals surface area contributed by atoms with Gasteiger partial charge in [-0.2, -0.15) is 5.10 Å². The molecule has 1 N–H and O–H groups in total. The quantitative estimate of drug-likeness (QED) is 0.494. The second-order valence-corrected chi connectivity index (χ2v) is 6.27. The SMILES string of the molecule is O=C(O)C1=CS[C@@H]2C(=Cc3cc4n(n3)CCCC4)C(=O)N12.[NaH]. The fraction of sp³-hybridized carbons (Fsp3) is 0.357. The van der Waals surface area contributed by atoms with Crippen molar-refractivity contribution < 1.29 is 14.7 Å². The zero-order valence-corrected chi connectivity index (χ0v) is 12.0. The van der Waals surface area contributed by atoms with Gasteiger partial charge in [0, 0.05) is 17.6 Å². The van der Waals surface area contributed by atoms with E-state index in [-0.39, 0.29) is 46.5 Å². The molecule has 0 aromatic carbocycles. The summed E-state index contributed by atoms with van der Waals surface area (Å²) in [4.78, 5) is 24.5. The van der Waals surface area contributed by atoms with Crippen LogP contribution in [0.4, 0.5) is 0 Å². The van der Waals surface area contributed by atoms with Gasteiger partial charge in [0.15, 0.2) is 0 Å². The van der Waals surface area contributed by atoms with Crippen LogP contribution in [0.15, 0.2) is 22.7 Å². The molecule has 0 aliphatic carbocycles. The number of aliphatic carboxylic acids is 1. The summed E-state index contributed by atoms with van der Waals surface area (Å²) in [6.45, 7) is 0.932. The molecular formula is C14H14N3NaO3S. The van der Waals surface area contributed by atoms with Crippen molar-refractivity contribution in [1.29, 1.82) is 0 Å². The van der Waals surface area contributed by atoms with Crippen LogP contribution < -0.4 is 0 Å². The van der Waals surface area contributed by atoms with Crippen molar-refractivity contribution in [1.82, 2.24) is 14.7 Å². The second-order valence-electron chi connectivity index (χ2n) is 5.31. The monoisotopic (exact) mass is 327 g/mol. The Morgan fingerprint density at radius 1 is 1.45 bits per heavy atom. The van der Waals surface area contributed by atoms with Gasteiger partial charge in [0.1, 0.15) is 11.1 Å². The molecule has 0 bridgehead atoms. The van der Waals surface area contributed by atoms with Gasteiger partial charge in [-0.3, -0.25) is 14.4 Å². The predicted octanol–water partition coefficient (Wildman–Crippen LogP) is 0.795. The summed E-state index contributed by atoms with van der Waals surface area (Å²) in [6, 6.07) is 2.02. The van der Waals surface area contributed by atoms with E-state index >= 15 is 0 Å². The first-order chi connectivity index (χ1) is 10.1. The number of carboxylic acids is 1. The summed E-state index contributed by atoms with van der Waals surface area (Å²) in [6.07, 6.45) is 5.14. The number of rotatable bonds is 2. The molecule has 1 atom stereocenters. The fourth-order valence-electron chi connectivity index (χ4n) is 2.94. The van der Waals surface area contributed by atoms with Crippen molar-refractivity contribution in [2.24, 2.45) is 0 Å². The Kier molecular flexibility index (Phi) is 4.24. The van der Waals surface area contributed by atoms with E-state index in [0.717, 1.165) is 25.1 Å². The summed E-state index contributed by atoms with van der Waals surface area (Å²) >= 11 is 1.35. The molecule has 1 fully saturated rings. The molecule has 0 spiro atoms. The number of carbonyl (C=O) groups excluding carboxylic acids is 1. The number of fused-ring (bicyclic) bond motifs is 2. The molecule has 110 valence electrons. The van der Waals surface area contributed by atoms with Crippen LogP contribution in [-0.4, -0.2) is 66.6 Å². The zero-order valence-electron chi connectivity index (χ0n) is 11.2. The van der Waals surface area contributed by atoms with Crippen LogP contribution in [0.1, 0.15) is 24.2 Å². The number of carbonyl (C=O) groups is 2. The molecule has 0 unspecified atom stereocenters. The molecule has 22 heavy (non-hydrogen) atoms. The third kappa shape index (κ3) is 2.36. The van der Waals surface area contributed by atoms with Crippen molar-refractivity contribution >= 4 is 59.3 Å². The summed E-state index contributed by atoms with van der Waals surface area (Å²) in [7, 11) is 0. The summed E-state index contributed by atoms with van der Waals surface area (Å²) < 4.78 is 2.00. The van der Waals surface area contributed by atoms with E-state index < -0.39 is 5.97 Å². The van der Waals surface area contributed by atoms with Gasteiger partial charge >= 0.3 is 35.5 Å². The Hall–Kier alpha value is -1.02. The van der Waals surface area contributed by atoms with E-state index in [1.807, 2.05) is 10.7 Å². The molecule has 3 aliphatic heterocycles. The second kappa shape index (κ2) is 5.88. The number of aryl methyl sites for hydroxylation is 2. The summed E-state index contributed by atoms with van der Waals surface area (Å²) in [5, 5.41) is 14.9. The maximum atomic E-state index is 12.1. The molecule has 0 radical (unpaired) electrons. The zero-order chi connectivity index (χ0) is 14.6. The first-order valence-corrected chi connectivity index (χ1v) is 7.80. The van der Waals surface area contributed by atoms with Crippen LogP contribution >= 0.6 is 11.8 Å². The fourth-order valence-corrected chi connectivity index (χ4v) is 4.05. The minimum absolute atomic E-state index is 0. The molecule has 1 saturated heterocycles. The van der Waals surface area contributed by atoms with E-state index in [0.29, 0.717) is 5.57 Å². The predicted molar refractivity (Wildman–Crippen MR) is 84.2 cm³/mol. The van der Waals surface area contributed by atoms with Gasteiger partial charge in [-0.1, -0.05) is 0 Å². The molecule has 4 rings (SSSR count). The van der Waals surface area contributed by atoms with Crippen molar-refractivity contribution in [3.8, 4) is 0 Å². The number of hydrogen-bond acceptors (Lipinski definition) is 4. The van der Waals surface area contributed by atoms with Gasteiger partial charge in [-0.15, -0.1) is 11.8 Å². The van der Waals surface area contributed by atoms with Crippen molar-refractivity contribution in [2.75, 3.05) is 0 Å². The Bertz CT molecular complexity index is 701. The van der Waals surface area contributed by atoms with Crippen LogP contribution in [0, 0.1) is 0 Å². The topological polar surface area (TPSA) is 75.4 Å². The standard InChI is InChI=1S/C14H13N3O3S.Na.H/c18-12-10(13-17(12)11(7-21-13)14(19)20)6-8-5-9-3-1-2-4-16(9)15-8;;/h5-7,13H,1-4H2,(H,19,20);;/t13-;;/m1../s1. The average Bonchev–Trinajstić information content (AvgIpc) is 3.05. The first-order valence-electron chi connectivity index (χ1n) is 6.86. The van der Waals surface area contributed by atoms with Crippen LogP contribution in [0.3, 0.4) is 0 Å². The Morgan fingerprint density at radius 2 is 2.27 bits per heavy atom. The molecule has 1 aromatic rings. The molecular weight excluding hydrogens is 313 g/mol. The van der Waals surface area contributed by atoms with Gasteiger partial charge < -0.3 is 5.11 Å². The van der Waals surface area contributed by atoms with E-state index in [1.54, 1.807) is 6.08 Å². The number of carboxylic acid groups (broad SMARTS) is 1. The molecule has 6 nitrogen and oxygen atoms in total. The van der Waals surface area contributed by atoms with Crippen LogP contribution in [-0.2, 0) is 22.6 Å². The maximum absolute atomic E-state index is 12.1. The van der Waals surface area contributed by atoms with Gasteiger partial charge in [0.05, 0.1) is 11.3 Å². The van der Waals surface area contributed by atoms with Gasteiger partial charge in [0.25, 0.3) is 5.91 Å². The van der Waals surface area contributed by atoms with Crippen LogP contribution in [0.5, 0.6) is 0 Å². The molecule has 1 aromatic heterocycles. The number of aromatic nitrogens is 2. The molecule has 1 amide bonds. The van der Waals surface area contributed by atoms with E-state index in [2.05, 4.69) is 5.10 Å². The van der Waals surface area contributed by atoms with Crippen LogP contribution in [0.2, 0.25) is 0 Å².